The number of piperidine rings is 1. The zero-order valence-corrected chi connectivity index (χ0v) is 14.3. The molecule has 0 aromatic heterocycles. The summed E-state index contributed by atoms with van der Waals surface area (Å²) in [7, 11) is 0. The van der Waals surface area contributed by atoms with Crippen LogP contribution in [0.1, 0.15) is 43.0 Å². The Bertz CT molecular complexity index is 575. The second kappa shape index (κ2) is 7.79. The van der Waals surface area contributed by atoms with Crippen LogP contribution in [0.4, 0.5) is 0 Å². The highest BCUT2D eigenvalue weighted by Crippen LogP contribution is 2.22. The van der Waals surface area contributed by atoms with Gasteiger partial charge in [0.2, 0.25) is 5.91 Å². The van der Waals surface area contributed by atoms with Crippen LogP contribution in [-0.4, -0.2) is 60.0 Å². The standard InChI is InChI=1S/C19H26N2O3/c1-2-16-14-20(12-13-24-16)19(23)17-10-6-7-11-21(17)18(22)15-8-4-3-5-9-15/h3-5,8-9,16-17H,2,6-7,10-14H2,1H3/t16-,17-/m0/s1. The number of amides is 2. The SMILES string of the molecule is CC[C@H]1CN(C(=O)[C@@H]2CCCCN2C(=O)c2ccccc2)CCO1. The van der Waals surface area contributed by atoms with Gasteiger partial charge in [-0.2, -0.15) is 0 Å². The maximum absolute atomic E-state index is 13.0. The van der Waals surface area contributed by atoms with Crippen molar-refractivity contribution in [3.05, 3.63) is 35.9 Å². The summed E-state index contributed by atoms with van der Waals surface area (Å²) in [5.74, 6) is 0.0506. The molecule has 2 amide bonds. The predicted octanol–water partition coefficient (Wildman–Crippen LogP) is 2.32. The average Bonchev–Trinajstić information content (AvgIpc) is 2.67. The molecule has 2 aliphatic heterocycles. The molecule has 24 heavy (non-hydrogen) atoms. The van der Waals surface area contributed by atoms with Crippen LogP contribution in [-0.2, 0) is 9.53 Å². The van der Waals surface area contributed by atoms with Gasteiger partial charge in [0.05, 0.1) is 12.7 Å². The first-order chi connectivity index (χ1) is 11.7. The molecule has 1 aromatic carbocycles. The summed E-state index contributed by atoms with van der Waals surface area (Å²) in [5, 5.41) is 0. The van der Waals surface area contributed by atoms with Gasteiger partial charge < -0.3 is 14.5 Å². The van der Waals surface area contributed by atoms with Crippen molar-refractivity contribution in [1.82, 2.24) is 9.80 Å². The van der Waals surface area contributed by atoms with E-state index in [1.807, 2.05) is 35.2 Å². The number of likely N-dealkylation sites (tertiary alicyclic amines) is 1. The molecule has 5 heteroatoms. The first-order valence-corrected chi connectivity index (χ1v) is 8.97. The van der Waals surface area contributed by atoms with E-state index >= 15 is 0 Å². The van der Waals surface area contributed by atoms with Gasteiger partial charge >= 0.3 is 0 Å². The molecule has 130 valence electrons. The number of nitrogens with zero attached hydrogens (tertiary/aromatic N) is 2. The number of rotatable bonds is 3. The van der Waals surface area contributed by atoms with E-state index in [9.17, 15) is 9.59 Å². The molecule has 2 saturated heterocycles. The number of carbonyl (C=O) groups is 2. The van der Waals surface area contributed by atoms with Crippen molar-refractivity contribution in [1.29, 1.82) is 0 Å². The molecule has 2 heterocycles. The predicted molar refractivity (Wildman–Crippen MR) is 91.7 cm³/mol. The molecule has 1 aromatic rings. The van der Waals surface area contributed by atoms with Crippen molar-refractivity contribution < 1.29 is 14.3 Å². The summed E-state index contributed by atoms with van der Waals surface area (Å²) < 4.78 is 5.66. The number of ether oxygens (including phenoxy) is 1. The summed E-state index contributed by atoms with van der Waals surface area (Å²) in [6.45, 7) is 4.58. The Morgan fingerprint density at radius 1 is 1.17 bits per heavy atom. The third-order valence-corrected chi connectivity index (χ3v) is 4.98. The molecule has 3 rings (SSSR count). The number of benzene rings is 1. The second-order valence-corrected chi connectivity index (χ2v) is 6.56. The Hall–Kier alpha value is -1.88. The molecule has 0 radical (unpaired) electrons. The number of morpholine rings is 1. The maximum Gasteiger partial charge on any atom is 0.254 e. The molecular weight excluding hydrogens is 304 g/mol. The number of hydrogen-bond donors (Lipinski definition) is 0. The monoisotopic (exact) mass is 330 g/mol. The van der Waals surface area contributed by atoms with E-state index in [-0.39, 0.29) is 24.0 Å². The van der Waals surface area contributed by atoms with Gasteiger partial charge in [0, 0.05) is 25.2 Å². The maximum atomic E-state index is 13.0. The Labute approximate surface area is 143 Å². The molecule has 0 spiro atoms. The molecule has 2 atom stereocenters. The fourth-order valence-corrected chi connectivity index (χ4v) is 3.56. The minimum Gasteiger partial charge on any atom is -0.375 e. The zero-order valence-electron chi connectivity index (χ0n) is 14.3. The van der Waals surface area contributed by atoms with Crippen molar-refractivity contribution in [3.63, 3.8) is 0 Å². The van der Waals surface area contributed by atoms with Crippen molar-refractivity contribution in [2.24, 2.45) is 0 Å². The van der Waals surface area contributed by atoms with E-state index in [4.69, 9.17) is 4.74 Å². The van der Waals surface area contributed by atoms with E-state index in [2.05, 4.69) is 6.92 Å². The van der Waals surface area contributed by atoms with Gasteiger partial charge in [0.15, 0.2) is 0 Å². The number of hydrogen-bond acceptors (Lipinski definition) is 3. The Balaban J connectivity index is 1.74. The lowest BCUT2D eigenvalue weighted by Gasteiger charge is -2.40. The van der Waals surface area contributed by atoms with Crippen LogP contribution < -0.4 is 0 Å². The van der Waals surface area contributed by atoms with Gasteiger partial charge in [-0.05, 0) is 37.8 Å². The van der Waals surface area contributed by atoms with Crippen molar-refractivity contribution >= 4 is 11.8 Å². The van der Waals surface area contributed by atoms with E-state index in [0.29, 0.717) is 31.8 Å². The zero-order chi connectivity index (χ0) is 16.9. The lowest BCUT2D eigenvalue weighted by atomic mass is 9.99. The normalized spacial score (nSPS) is 24.7. The van der Waals surface area contributed by atoms with Crippen LogP contribution in [0.15, 0.2) is 30.3 Å². The molecule has 0 bridgehead atoms. The van der Waals surface area contributed by atoms with Crippen LogP contribution in [0.3, 0.4) is 0 Å². The molecule has 0 N–H and O–H groups in total. The Morgan fingerprint density at radius 2 is 1.96 bits per heavy atom. The van der Waals surface area contributed by atoms with Gasteiger partial charge in [-0.3, -0.25) is 9.59 Å². The van der Waals surface area contributed by atoms with E-state index < -0.39 is 0 Å². The Morgan fingerprint density at radius 3 is 2.71 bits per heavy atom. The summed E-state index contributed by atoms with van der Waals surface area (Å²) in [4.78, 5) is 29.5. The third-order valence-electron chi connectivity index (χ3n) is 4.98. The van der Waals surface area contributed by atoms with Crippen LogP contribution in [0.5, 0.6) is 0 Å². The van der Waals surface area contributed by atoms with Crippen molar-refractivity contribution in [2.75, 3.05) is 26.2 Å². The molecule has 5 nitrogen and oxygen atoms in total. The highest BCUT2D eigenvalue weighted by atomic mass is 16.5. The smallest absolute Gasteiger partial charge is 0.254 e. The number of carbonyl (C=O) groups excluding carboxylic acids is 2. The highest BCUT2D eigenvalue weighted by Gasteiger charge is 2.36. The Kier molecular flexibility index (Phi) is 5.51. The topological polar surface area (TPSA) is 49.9 Å². The van der Waals surface area contributed by atoms with Gasteiger partial charge in [-0.15, -0.1) is 0 Å². The third kappa shape index (κ3) is 3.61. The minimum atomic E-state index is -0.331. The summed E-state index contributed by atoms with van der Waals surface area (Å²) in [6.07, 6.45) is 3.73. The summed E-state index contributed by atoms with van der Waals surface area (Å²) in [5.41, 5.74) is 0.658. The second-order valence-electron chi connectivity index (χ2n) is 6.56. The van der Waals surface area contributed by atoms with Gasteiger partial charge in [-0.1, -0.05) is 25.1 Å². The summed E-state index contributed by atoms with van der Waals surface area (Å²) >= 11 is 0. The molecule has 0 unspecified atom stereocenters. The first kappa shape index (κ1) is 17.0. The fourth-order valence-electron chi connectivity index (χ4n) is 3.56. The van der Waals surface area contributed by atoms with E-state index in [1.54, 1.807) is 4.90 Å². The molecule has 2 aliphatic rings. The minimum absolute atomic E-state index is 0.0334. The molecular formula is C19H26N2O3. The lowest BCUT2D eigenvalue weighted by Crippen LogP contribution is -2.56. The van der Waals surface area contributed by atoms with Crippen molar-refractivity contribution in [2.45, 2.75) is 44.8 Å². The van der Waals surface area contributed by atoms with Crippen LogP contribution in [0.25, 0.3) is 0 Å². The van der Waals surface area contributed by atoms with E-state index in [1.165, 1.54) is 0 Å². The van der Waals surface area contributed by atoms with Gasteiger partial charge in [0.1, 0.15) is 6.04 Å². The van der Waals surface area contributed by atoms with E-state index in [0.717, 1.165) is 25.7 Å². The average molecular weight is 330 g/mol. The van der Waals surface area contributed by atoms with Gasteiger partial charge in [-0.25, -0.2) is 0 Å². The largest absolute Gasteiger partial charge is 0.375 e. The lowest BCUT2D eigenvalue weighted by molar-refractivity contribution is -0.144. The fraction of sp³-hybridized carbons (Fsp3) is 0.579. The first-order valence-electron chi connectivity index (χ1n) is 8.97. The van der Waals surface area contributed by atoms with Crippen LogP contribution in [0, 0.1) is 0 Å². The quantitative estimate of drug-likeness (QED) is 0.854. The van der Waals surface area contributed by atoms with Gasteiger partial charge in [0.25, 0.3) is 5.91 Å². The molecule has 2 fully saturated rings. The molecule has 0 saturated carbocycles. The van der Waals surface area contributed by atoms with Crippen LogP contribution >= 0.6 is 0 Å². The van der Waals surface area contributed by atoms with Crippen molar-refractivity contribution in [3.8, 4) is 0 Å². The summed E-state index contributed by atoms with van der Waals surface area (Å²) in [6, 6.07) is 8.93. The molecule has 0 aliphatic carbocycles. The van der Waals surface area contributed by atoms with Crippen LogP contribution in [0.2, 0.25) is 0 Å². The highest BCUT2D eigenvalue weighted by molar-refractivity contribution is 5.97.